The number of amides is 1. The molecule has 0 fully saturated rings. The first-order chi connectivity index (χ1) is 13.6. The van der Waals surface area contributed by atoms with Crippen molar-refractivity contribution in [2.75, 3.05) is 19.2 Å². The molecule has 0 saturated carbocycles. The van der Waals surface area contributed by atoms with Gasteiger partial charge in [0.15, 0.2) is 5.16 Å². The molecular weight excluding hydrogens is 398 g/mol. The number of non-ortho nitro benzene ring substituents is 1. The second-order valence-corrected chi connectivity index (χ2v) is 8.15. The molecule has 0 spiro atoms. The number of benzene rings is 1. The van der Waals surface area contributed by atoms with Crippen molar-refractivity contribution in [2.45, 2.75) is 31.2 Å². The number of nitro groups is 1. The van der Waals surface area contributed by atoms with Crippen LogP contribution in [0.3, 0.4) is 0 Å². The van der Waals surface area contributed by atoms with E-state index in [1.165, 1.54) is 44.6 Å². The fourth-order valence-electron chi connectivity index (χ4n) is 2.34. The second kappa shape index (κ2) is 9.05. The Morgan fingerprint density at radius 2 is 1.69 bits per heavy atom. The van der Waals surface area contributed by atoms with Crippen LogP contribution in [0.5, 0.6) is 11.8 Å². The molecule has 2 N–H and O–H groups in total. The molecule has 1 heterocycles. The molecule has 0 aliphatic rings. The molecular formula is C18H23N5O5S. The van der Waals surface area contributed by atoms with Crippen LogP contribution in [-0.2, 0) is 4.79 Å². The number of rotatable bonds is 7. The van der Waals surface area contributed by atoms with Crippen LogP contribution >= 0.6 is 11.8 Å². The Morgan fingerprint density at radius 1 is 1.17 bits per heavy atom. The summed E-state index contributed by atoms with van der Waals surface area (Å²) in [4.78, 5) is 32.0. The number of anilines is 1. The van der Waals surface area contributed by atoms with Crippen molar-refractivity contribution in [3.63, 3.8) is 0 Å². The van der Waals surface area contributed by atoms with Gasteiger partial charge in [0.05, 0.1) is 36.1 Å². The molecule has 2 aromatic rings. The average molecular weight is 421 g/mol. The Balaban J connectivity index is 2.32. The summed E-state index contributed by atoms with van der Waals surface area (Å²) in [6.45, 7) is 5.68. The van der Waals surface area contributed by atoms with Crippen molar-refractivity contribution in [3.05, 3.63) is 40.4 Å². The topological polar surface area (TPSA) is 134 Å². The molecule has 0 radical (unpaired) electrons. The molecule has 0 aliphatic heterocycles. The number of aromatic nitrogens is 2. The largest absolute Gasteiger partial charge is 0.481 e. The number of nitrogens with zero attached hydrogens (tertiary/aromatic N) is 4. The third-order valence-electron chi connectivity index (χ3n) is 3.89. The van der Waals surface area contributed by atoms with Gasteiger partial charge in [-0.3, -0.25) is 14.9 Å². The second-order valence-electron chi connectivity index (χ2n) is 7.08. The van der Waals surface area contributed by atoms with E-state index in [-0.39, 0.29) is 5.69 Å². The Hall–Kier alpha value is -2.92. The van der Waals surface area contributed by atoms with E-state index >= 15 is 0 Å². The highest BCUT2D eigenvalue weighted by molar-refractivity contribution is 8.00. The molecule has 29 heavy (non-hydrogen) atoms. The van der Waals surface area contributed by atoms with Crippen LogP contribution < -0.4 is 20.3 Å². The summed E-state index contributed by atoms with van der Waals surface area (Å²) in [6.07, 6.45) is 0. The zero-order chi connectivity index (χ0) is 21.8. The lowest BCUT2D eigenvalue weighted by molar-refractivity contribution is -0.384. The Labute approximate surface area is 172 Å². The molecule has 10 nitrogen and oxygen atoms in total. The van der Waals surface area contributed by atoms with Crippen molar-refractivity contribution < 1.29 is 19.2 Å². The number of thioether (sulfide) groups is 1. The van der Waals surface area contributed by atoms with Gasteiger partial charge in [-0.2, -0.15) is 9.97 Å². The molecule has 11 heteroatoms. The van der Waals surface area contributed by atoms with Crippen LogP contribution in [0.1, 0.15) is 20.8 Å². The average Bonchev–Trinajstić information content (AvgIpc) is 2.69. The zero-order valence-corrected chi connectivity index (χ0v) is 17.6. The minimum atomic E-state index is -0.653. The summed E-state index contributed by atoms with van der Waals surface area (Å²) in [5.41, 5.74) is -0.257. The minimum absolute atomic E-state index is 0.0896. The van der Waals surface area contributed by atoms with Gasteiger partial charge in [0.25, 0.3) is 11.6 Å². The zero-order valence-electron chi connectivity index (χ0n) is 16.8. The van der Waals surface area contributed by atoms with E-state index < -0.39 is 21.5 Å². The van der Waals surface area contributed by atoms with Crippen molar-refractivity contribution in [2.24, 2.45) is 11.3 Å². The monoisotopic (exact) mass is 421 g/mol. The number of methoxy groups -OCH3 is 2. The number of nitro benzene ring substituents is 1. The van der Waals surface area contributed by atoms with Gasteiger partial charge in [0, 0.05) is 12.1 Å². The van der Waals surface area contributed by atoms with E-state index in [0.717, 1.165) is 16.8 Å². The van der Waals surface area contributed by atoms with Gasteiger partial charge in [-0.05, 0) is 17.5 Å². The maximum absolute atomic E-state index is 13.2. The normalized spacial score (nSPS) is 12.2. The highest BCUT2D eigenvalue weighted by Crippen LogP contribution is 2.37. The minimum Gasteiger partial charge on any atom is -0.481 e. The number of hydrogen-bond donors (Lipinski definition) is 1. The fraction of sp³-hybridized carbons (Fsp3) is 0.389. The number of hydrazine groups is 1. The van der Waals surface area contributed by atoms with Crippen LogP contribution in [0, 0.1) is 15.5 Å². The lowest BCUT2D eigenvalue weighted by Gasteiger charge is -2.31. The molecule has 1 aromatic carbocycles. The van der Waals surface area contributed by atoms with Gasteiger partial charge in [-0.1, -0.05) is 32.5 Å². The summed E-state index contributed by atoms with van der Waals surface area (Å²) in [5, 5.41) is 11.4. The molecule has 156 valence electrons. The molecule has 2 rings (SSSR count). The smallest absolute Gasteiger partial charge is 0.269 e. The van der Waals surface area contributed by atoms with E-state index in [9.17, 15) is 14.9 Å². The van der Waals surface area contributed by atoms with E-state index in [2.05, 4.69) is 9.97 Å². The molecule has 1 amide bonds. The lowest BCUT2D eigenvalue weighted by atomic mass is 9.91. The number of nitrogens with two attached hydrogens (primary N) is 1. The number of ether oxygens (including phenoxy) is 2. The third kappa shape index (κ3) is 5.55. The Bertz CT molecular complexity index is 863. The number of carbonyl (C=O) groups excluding carboxylic acids is 1. The Kier molecular flexibility index (Phi) is 6.98. The molecule has 0 saturated heterocycles. The van der Waals surface area contributed by atoms with Crippen molar-refractivity contribution >= 4 is 29.0 Å². The quantitative estimate of drug-likeness (QED) is 0.179. The van der Waals surface area contributed by atoms with Crippen LogP contribution in [0.15, 0.2) is 35.5 Å². The maximum atomic E-state index is 13.2. The summed E-state index contributed by atoms with van der Waals surface area (Å²) in [6, 6.07) is 6.95. The van der Waals surface area contributed by atoms with Crippen LogP contribution in [-0.4, -0.2) is 40.3 Å². The highest BCUT2D eigenvalue weighted by Gasteiger charge is 2.36. The van der Waals surface area contributed by atoms with Crippen molar-refractivity contribution in [3.8, 4) is 11.8 Å². The first kappa shape index (κ1) is 22.4. The van der Waals surface area contributed by atoms with E-state index in [1.54, 1.807) is 0 Å². The summed E-state index contributed by atoms with van der Waals surface area (Å²) in [5.74, 6) is 6.25. The molecule has 0 aliphatic carbocycles. The fourth-order valence-corrected chi connectivity index (χ4v) is 3.40. The van der Waals surface area contributed by atoms with E-state index in [0.29, 0.717) is 22.6 Å². The lowest BCUT2D eigenvalue weighted by Crippen LogP contribution is -2.47. The number of hydrogen-bond acceptors (Lipinski definition) is 9. The summed E-state index contributed by atoms with van der Waals surface area (Å²) < 4.78 is 10.3. The van der Waals surface area contributed by atoms with Gasteiger partial charge in [0.2, 0.25) is 11.8 Å². The van der Waals surface area contributed by atoms with Crippen LogP contribution in [0.4, 0.5) is 11.4 Å². The first-order valence-corrected chi connectivity index (χ1v) is 9.41. The van der Waals surface area contributed by atoms with E-state index in [1.807, 2.05) is 20.8 Å². The predicted octanol–water partition coefficient (Wildman–Crippen LogP) is 2.82. The van der Waals surface area contributed by atoms with Gasteiger partial charge in [0.1, 0.15) is 0 Å². The van der Waals surface area contributed by atoms with Crippen LogP contribution in [0.2, 0.25) is 0 Å². The van der Waals surface area contributed by atoms with Crippen molar-refractivity contribution in [1.29, 1.82) is 0 Å². The number of carbonyl (C=O) groups is 1. The van der Waals surface area contributed by atoms with Gasteiger partial charge >= 0.3 is 0 Å². The predicted molar refractivity (Wildman–Crippen MR) is 109 cm³/mol. The van der Waals surface area contributed by atoms with Gasteiger partial charge in [-0.25, -0.2) is 10.9 Å². The third-order valence-corrected chi connectivity index (χ3v) is 5.42. The van der Waals surface area contributed by atoms with E-state index in [4.69, 9.17) is 15.3 Å². The standard InChI is InChI=1S/C18H23N5O5S/c1-18(2,3)15(29-17-20-13(27-4)10-14(21-17)28-5)16(24)22(19)11-6-8-12(9-7-11)23(25)26/h6-10,15H,19H2,1-5H3. The van der Waals surface area contributed by atoms with Gasteiger partial charge < -0.3 is 9.47 Å². The van der Waals surface area contributed by atoms with Crippen LogP contribution in [0.25, 0.3) is 0 Å². The Morgan fingerprint density at radius 3 is 2.10 bits per heavy atom. The maximum Gasteiger partial charge on any atom is 0.269 e. The molecule has 1 unspecified atom stereocenters. The molecule has 0 bridgehead atoms. The molecule has 1 atom stereocenters. The summed E-state index contributed by atoms with van der Waals surface area (Å²) >= 11 is 1.13. The highest BCUT2D eigenvalue weighted by atomic mass is 32.2. The SMILES string of the molecule is COc1cc(OC)nc(SC(C(=O)N(N)c2ccc([N+](=O)[O-])cc2)C(C)(C)C)n1. The molecule has 1 aromatic heterocycles. The van der Waals surface area contributed by atoms with Gasteiger partial charge in [-0.15, -0.1) is 0 Å². The summed E-state index contributed by atoms with van der Waals surface area (Å²) in [7, 11) is 2.94. The van der Waals surface area contributed by atoms with Crippen molar-refractivity contribution in [1.82, 2.24) is 9.97 Å². The first-order valence-electron chi connectivity index (χ1n) is 8.53.